The van der Waals surface area contributed by atoms with Crippen molar-refractivity contribution in [1.29, 1.82) is 0 Å². The molecular weight excluding hydrogens is 262 g/mol. The van der Waals surface area contributed by atoms with Gasteiger partial charge in [0.1, 0.15) is 0 Å². The van der Waals surface area contributed by atoms with Crippen LogP contribution in [0.4, 0.5) is 0 Å². The summed E-state index contributed by atoms with van der Waals surface area (Å²) in [6, 6.07) is 6.19. The van der Waals surface area contributed by atoms with Gasteiger partial charge in [-0.3, -0.25) is 0 Å². The van der Waals surface area contributed by atoms with E-state index in [9.17, 15) is 0 Å². The lowest BCUT2D eigenvalue weighted by Crippen LogP contribution is -2.15. The van der Waals surface area contributed by atoms with E-state index in [2.05, 4.69) is 46.5 Å². The second-order valence-electron chi connectivity index (χ2n) is 4.31. The third-order valence-corrected chi connectivity index (χ3v) is 4.10. The lowest BCUT2D eigenvalue weighted by molar-refractivity contribution is 0.437. The van der Waals surface area contributed by atoms with Crippen LogP contribution in [0, 0.1) is 6.92 Å². The van der Waals surface area contributed by atoms with Gasteiger partial charge >= 0.3 is 0 Å². The fraction of sp³-hybridized carbons (Fsp3) is 0.385. The van der Waals surface area contributed by atoms with Crippen LogP contribution in [-0.2, 0) is 0 Å². The highest BCUT2D eigenvalue weighted by Gasteiger charge is 2.06. The van der Waals surface area contributed by atoms with Crippen molar-refractivity contribution in [3.8, 4) is 10.6 Å². The third-order valence-electron chi connectivity index (χ3n) is 2.38. The van der Waals surface area contributed by atoms with Gasteiger partial charge in [-0.15, -0.1) is 11.3 Å². The smallest absolute Gasteiger partial charge is 0.188 e. The summed E-state index contributed by atoms with van der Waals surface area (Å²) in [6.45, 7) is 3.06. The zero-order chi connectivity index (χ0) is 13.0. The van der Waals surface area contributed by atoms with Crippen molar-refractivity contribution in [3.05, 3.63) is 29.3 Å². The molecule has 0 N–H and O–H groups in total. The summed E-state index contributed by atoms with van der Waals surface area (Å²) >= 11 is 3.43. The Morgan fingerprint density at radius 1 is 1.33 bits per heavy atom. The zero-order valence-corrected chi connectivity index (χ0v) is 12.5. The number of thioether (sulfide) groups is 1. The van der Waals surface area contributed by atoms with Gasteiger partial charge in [0.2, 0.25) is 0 Å². The Balaban J connectivity index is 2.12. The molecule has 0 amide bonds. The molecule has 5 heteroatoms. The molecule has 0 unspecified atom stereocenters. The fourth-order valence-electron chi connectivity index (χ4n) is 1.48. The minimum atomic E-state index is 0.875. The number of nitrogens with zero attached hydrogens (tertiary/aromatic N) is 3. The molecule has 2 aromatic heterocycles. The first-order valence-electron chi connectivity index (χ1n) is 5.82. The molecule has 0 bridgehead atoms. The van der Waals surface area contributed by atoms with Crippen molar-refractivity contribution < 1.29 is 0 Å². The van der Waals surface area contributed by atoms with E-state index in [4.69, 9.17) is 0 Å². The van der Waals surface area contributed by atoms with Gasteiger partial charge in [-0.25, -0.2) is 9.97 Å². The normalized spacial score (nSPS) is 11.1. The number of aryl methyl sites for hydroxylation is 1. The van der Waals surface area contributed by atoms with Gasteiger partial charge in [-0.2, -0.15) is 0 Å². The van der Waals surface area contributed by atoms with E-state index < -0.39 is 0 Å². The van der Waals surface area contributed by atoms with Crippen LogP contribution in [0.1, 0.15) is 5.69 Å². The van der Waals surface area contributed by atoms with Gasteiger partial charge in [0.05, 0.1) is 10.6 Å². The van der Waals surface area contributed by atoms with Crippen molar-refractivity contribution in [3.63, 3.8) is 0 Å². The molecule has 0 aliphatic carbocycles. The molecule has 96 valence electrons. The largest absolute Gasteiger partial charge is 0.309 e. The van der Waals surface area contributed by atoms with Gasteiger partial charge in [-0.1, -0.05) is 17.8 Å². The first-order chi connectivity index (χ1) is 8.65. The monoisotopic (exact) mass is 279 g/mol. The molecule has 3 nitrogen and oxygen atoms in total. The van der Waals surface area contributed by atoms with Gasteiger partial charge in [0.15, 0.2) is 5.16 Å². The van der Waals surface area contributed by atoms with Crippen molar-refractivity contribution in [2.75, 3.05) is 26.4 Å². The maximum atomic E-state index is 4.62. The summed E-state index contributed by atoms with van der Waals surface area (Å²) in [4.78, 5) is 12.5. The number of thiophene rings is 1. The molecule has 0 aliphatic rings. The Hall–Kier alpha value is -0.910. The lowest BCUT2D eigenvalue weighted by Gasteiger charge is -2.08. The number of aromatic nitrogens is 2. The standard InChI is InChI=1S/C13H17N3S2/c1-10-9-11(12-5-4-7-17-12)15-13(14-10)18-8-6-16(2)3/h4-5,7,9H,6,8H2,1-3H3. The zero-order valence-electron chi connectivity index (χ0n) is 10.9. The molecule has 0 saturated heterocycles. The highest BCUT2D eigenvalue weighted by molar-refractivity contribution is 7.99. The highest BCUT2D eigenvalue weighted by atomic mass is 32.2. The topological polar surface area (TPSA) is 29.0 Å². The fourth-order valence-corrected chi connectivity index (χ4v) is 3.17. The van der Waals surface area contributed by atoms with E-state index >= 15 is 0 Å². The first-order valence-corrected chi connectivity index (χ1v) is 7.69. The Labute approximate surface area is 116 Å². The first kappa shape index (κ1) is 13.5. The van der Waals surface area contributed by atoms with Crippen molar-refractivity contribution in [2.45, 2.75) is 12.1 Å². The molecule has 0 aromatic carbocycles. The Morgan fingerprint density at radius 2 is 2.17 bits per heavy atom. The van der Waals surface area contributed by atoms with Gasteiger partial charge < -0.3 is 4.90 Å². The van der Waals surface area contributed by atoms with E-state index in [1.54, 1.807) is 23.1 Å². The summed E-state index contributed by atoms with van der Waals surface area (Å²) in [6.07, 6.45) is 0. The molecule has 0 radical (unpaired) electrons. The second-order valence-corrected chi connectivity index (χ2v) is 6.32. The molecular formula is C13H17N3S2. The average Bonchev–Trinajstić information content (AvgIpc) is 2.81. The minimum Gasteiger partial charge on any atom is -0.309 e. The quantitative estimate of drug-likeness (QED) is 0.621. The van der Waals surface area contributed by atoms with E-state index in [1.165, 1.54) is 4.88 Å². The van der Waals surface area contributed by atoms with E-state index in [0.29, 0.717) is 0 Å². The van der Waals surface area contributed by atoms with E-state index in [1.807, 2.05) is 13.0 Å². The Bertz CT molecular complexity index is 495. The summed E-state index contributed by atoms with van der Waals surface area (Å²) in [5, 5.41) is 2.95. The molecule has 2 heterocycles. The number of rotatable bonds is 5. The minimum absolute atomic E-state index is 0.875. The summed E-state index contributed by atoms with van der Waals surface area (Å²) in [7, 11) is 4.16. The van der Waals surface area contributed by atoms with E-state index in [-0.39, 0.29) is 0 Å². The summed E-state index contributed by atoms with van der Waals surface area (Å²) in [5.41, 5.74) is 2.06. The van der Waals surface area contributed by atoms with Crippen LogP contribution >= 0.6 is 23.1 Å². The molecule has 0 spiro atoms. The van der Waals surface area contributed by atoms with Crippen LogP contribution in [0.5, 0.6) is 0 Å². The van der Waals surface area contributed by atoms with Gasteiger partial charge in [0.25, 0.3) is 0 Å². The molecule has 0 aliphatic heterocycles. The lowest BCUT2D eigenvalue weighted by atomic mass is 10.3. The summed E-state index contributed by atoms with van der Waals surface area (Å²) in [5.74, 6) is 1.01. The maximum absolute atomic E-state index is 4.62. The van der Waals surface area contributed by atoms with Crippen LogP contribution in [0.2, 0.25) is 0 Å². The molecule has 2 aromatic rings. The summed E-state index contributed by atoms with van der Waals surface area (Å²) < 4.78 is 0. The van der Waals surface area contributed by atoms with Crippen molar-refractivity contribution in [1.82, 2.24) is 14.9 Å². The van der Waals surface area contributed by atoms with Crippen LogP contribution in [0.15, 0.2) is 28.7 Å². The number of hydrogen-bond donors (Lipinski definition) is 0. The molecule has 0 fully saturated rings. The predicted octanol–water partition coefficient (Wildman–Crippen LogP) is 3.17. The van der Waals surface area contributed by atoms with Crippen LogP contribution in [0.25, 0.3) is 10.6 Å². The van der Waals surface area contributed by atoms with Crippen LogP contribution in [-0.4, -0.2) is 41.3 Å². The second kappa shape index (κ2) is 6.31. The SMILES string of the molecule is Cc1cc(-c2cccs2)nc(SCCN(C)C)n1. The van der Waals surface area contributed by atoms with Gasteiger partial charge in [0, 0.05) is 18.0 Å². The molecule has 0 saturated carbocycles. The molecule has 0 atom stereocenters. The maximum Gasteiger partial charge on any atom is 0.188 e. The molecule has 2 rings (SSSR count). The average molecular weight is 279 g/mol. The predicted molar refractivity (Wildman–Crippen MR) is 79.4 cm³/mol. The van der Waals surface area contributed by atoms with E-state index in [0.717, 1.165) is 28.8 Å². The third kappa shape index (κ3) is 3.80. The Kier molecular flexibility index (Phi) is 4.74. The molecule has 18 heavy (non-hydrogen) atoms. The van der Waals surface area contributed by atoms with Crippen LogP contribution < -0.4 is 0 Å². The van der Waals surface area contributed by atoms with Crippen LogP contribution in [0.3, 0.4) is 0 Å². The van der Waals surface area contributed by atoms with Crippen molar-refractivity contribution in [2.24, 2.45) is 0 Å². The number of hydrogen-bond acceptors (Lipinski definition) is 5. The highest BCUT2D eigenvalue weighted by Crippen LogP contribution is 2.25. The van der Waals surface area contributed by atoms with Crippen molar-refractivity contribution >= 4 is 23.1 Å². The van der Waals surface area contributed by atoms with Gasteiger partial charge in [-0.05, 0) is 38.5 Å². The Morgan fingerprint density at radius 3 is 2.83 bits per heavy atom.